The zero-order chi connectivity index (χ0) is 11.8. The van der Waals surface area contributed by atoms with Gasteiger partial charge in [-0.3, -0.25) is 9.59 Å². The van der Waals surface area contributed by atoms with Crippen LogP contribution in [0.25, 0.3) is 10.9 Å². The number of nitrogens with one attached hydrogen (secondary N) is 1. The van der Waals surface area contributed by atoms with E-state index >= 15 is 0 Å². The van der Waals surface area contributed by atoms with Gasteiger partial charge in [-0.2, -0.15) is 0 Å². The second kappa shape index (κ2) is 3.73. The van der Waals surface area contributed by atoms with Crippen LogP contribution in [0, 0.1) is 5.92 Å². The van der Waals surface area contributed by atoms with Gasteiger partial charge in [0.1, 0.15) is 0 Å². The van der Waals surface area contributed by atoms with Crippen LogP contribution in [0.3, 0.4) is 0 Å². The minimum Gasteiger partial charge on any atom is -0.393 e. The molecule has 3 rings (SSSR count). The van der Waals surface area contributed by atoms with Crippen LogP contribution in [0.4, 0.5) is 0 Å². The number of fused-ring (bicyclic) bond motifs is 1. The lowest BCUT2D eigenvalue weighted by atomic mass is 9.98. The Bertz CT molecular complexity index is 599. The molecule has 1 N–H and O–H groups in total. The number of rotatable bonds is 2. The lowest BCUT2D eigenvalue weighted by molar-refractivity contribution is -0.153. The lowest BCUT2D eigenvalue weighted by Gasteiger charge is -2.02. The number of hydrogen-bond acceptors (Lipinski definition) is 3. The highest BCUT2D eigenvalue weighted by Crippen LogP contribution is 2.25. The van der Waals surface area contributed by atoms with Crippen molar-refractivity contribution in [2.45, 2.75) is 12.8 Å². The van der Waals surface area contributed by atoms with Crippen LogP contribution in [0.2, 0.25) is 0 Å². The number of aromatic nitrogens is 1. The van der Waals surface area contributed by atoms with Crippen molar-refractivity contribution in [3.63, 3.8) is 0 Å². The van der Waals surface area contributed by atoms with E-state index in [4.69, 9.17) is 0 Å². The fraction of sp³-hybridized carbons (Fsp3) is 0.231. The van der Waals surface area contributed by atoms with E-state index in [-0.39, 0.29) is 12.3 Å². The van der Waals surface area contributed by atoms with Crippen molar-refractivity contribution >= 4 is 22.8 Å². The maximum atomic E-state index is 11.4. The van der Waals surface area contributed by atoms with Gasteiger partial charge in [-0.25, -0.2) is 0 Å². The first-order valence-electron chi connectivity index (χ1n) is 5.53. The fourth-order valence-electron chi connectivity index (χ4n) is 2.24. The number of benzene rings is 1. The molecule has 17 heavy (non-hydrogen) atoms. The van der Waals surface area contributed by atoms with Crippen LogP contribution in [0.1, 0.15) is 12.0 Å². The standard InChI is InChI=1S/C13H11NO3/c15-12-6-8(13(16)17-12)5-9-7-14-11-4-2-1-3-10(9)11/h1-4,7-8,14H,5-6H2. The highest BCUT2D eigenvalue weighted by molar-refractivity contribution is 5.95. The van der Waals surface area contributed by atoms with Crippen molar-refractivity contribution in [3.05, 3.63) is 36.0 Å². The Hall–Kier alpha value is -2.10. The second-order valence-electron chi connectivity index (χ2n) is 4.26. The number of esters is 2. The molecule has 1 atom stereocenters. The number of hydrogen-bond donors (Lipinski definition) is 1. The summed E-state index contributed by atoms with van der Waals surface area (Å²) in [5.74, 6) is -1.15. The molecule has 1 aliphatic heterocycles. The molecule has 0 amide bonds. The molecule has 1 fully saturated rings. The largest absolute Gasteiger partial charge is 0.393 e. The third-order valence-corrected chi connectivity index (χ3v) is 3.10. The Morgan fingerprint density at radius 1 is 1.29 bits per heavy atom. The minimum absolute atomic E-state index is 0.193. The summed E-state index contributed by atoms with van der Waals surface area (Å²) in [6.07, 6.45) is 2.63. The summed E-state index contributed by atoms with van der Waals surface area (Å²) < 4.78 is 4.55. The molecule has 1 aromatic heterocycles. The van der Waals surface area contributed by atoms with Crippen LogP contribution in [-0.2, 0) is 20.7 Å². The average molecular weight is 229 g/mol. The van der Waals surface area contributed by atoms with Crippen LogP contribution < -0.4 is 0 Å². The zero-order valence-electron chi connectivity index (χ0n) is 9.10. The SMILES string of the molecule is O=C1CC(Cc2c[nH]c3ccccc23)C(=O)O1. The molecule has 2 aromatic rings. The minimum atomic E-state index is -0.417. The van der Waals surface area contributed by atoms with Crippen LogP contribution in [0.5, 0.6) is 0 Å². The smallest absolute Gasteiger partial charge is 0.317 e. The Balaban J connectivity index is 1.90. The summed E-state index contributed by atoms with van der Waals surface area (Å²) >= 11 is 0. The maximum Gasteiger partial charge on any atom is 0.317 e. The molecule has 4 heteroatoms. The molecule has 2 heterocycles. The Kier molecular flexibility index (Phi) is 2.21. The highest BCUT2D eigenvalue weighted by atomic mass is 16.6. The zero-order valence-corrected chi connectivity index (χ0v) is 9.10. The molecule has 0 radical (unpaired) electrons. The number of ether oxygens (including phenoxy) is 1. The van der Waals surface area contributed by atoms with Crippen LogP contribution in [0.15, 0.2) is 30.5 Å². The number of para-hydroxylation sites is 1. The molecule has 4 nitrogen and oxygen atoms in total. The molecule has 1 aliphatic rings. The van der Waals surface area contributed by atoms with Crippen molar-refractivity contribution in [2.75, 3.05) is 0 Å². The summed E-state index contributed by atoms with van der Waals surface area (Å²) in [6, 6.07) is 7.90. The van der Waals surface area contributed by atoms with Gasteiger partial charge in [0, 0.05) is 17.1 Å². The number of carbonyl (C=O) groups is 2. The van der Waals surface area contributed by atoms with Crippen molar-refractivity contribution in [1.82, 2.24) is 4.98 Å². The first-order valence-corrected chi connectivity index (χ1v) is 5.53. The first kappa shape index (κ1) is 10.1. The lowest BCUT2D eigenvalue weighted by Crippen LogP contribution is -2.10. The average Bonchev–Trinajstić information content (AvgIpc) is 2.85. The highest BCUT2D eigenvalue weighted by Gasteiger charge is 2.33. The first-order chi connectivity index (χ1) is 8.24. The van der Waals surface area contributed by atoms with Gasteiger partial charge in [0.05, 0.1) is 12.3 Å². The summed E-state index contributed by atoms with van der Waals surface area (Å²) in [5, 5.41) is 1.10. The third kappa shape index (κ3) is 1.71. The van der Waals surface area contributed by atoms with E-state index < -0.39 is 11.9 Å². The van der Waals surface area contributed by atoms with Gasteiger partial charge in [-0.1, -0.05) is 18.2 Å². The summed E-state index contributed by atoms with van der Waals surface area (Å²) in [7, 11) is 0. The van der Waals surface area contributed by atoms with Crippen molar-refractivity contribution in [1.29, 1.82) is 0 Å². The topological polar surface area (TPSA) is 59.2 Å². The number of carbonyl (C=O) groups excluding carboxylic acids is 2. The Morgan fingerprint density at radius 2 is 2.12 bits per heavy atom. The summed E-state index contributed by atoms with van der Waals surface area (Å²) in [4.78, 5) is 25.5. The number of H-pyrrole nitrogens is 1. The fourth-order valence-corrected chi connectivity index (χ4v) is 2.24. The van der Waals surface area contributed by atoms with Crippen molar-refractivity contribution in [3.8, 4) is 0 Å². The van der Waals surface area contributed by atoms with Gasteiger partial charge in [0.15, 0.2) is 0 Å². The molecule has 0 aliphatic carbocycles. The van der Waals surface area contributed by atoms with E-state index in [1.54, 1.807) is 0 Å². The molecule has 1 aromatic carbocycles. The molecule has 1 unspecified atom stereocenters. The second-order valence-corrected chi connectivity index (χ2v) is 4.26. The quantitative estimate of drug-likeness (QED) is 0.631. The number of cyclic esters (lactones) is 2. The molecule has 0 bridgehead atoms. The molecular weight excluding hydrogens is 218 g/mol. The van der Waals surface area contributed by atoms with E-state index in [1.807, 2.05) is 30.5 Å². The Morgan fingerprint density at radius 3 is 2.88 bits per heavy atom. The molecule has 86 valence electrons. The molecular formula is C13H11NO3. The monoisotopic (exact) mass is 229 g/mol. The number of aromatic amines is 1. The molecule has 1 saturated heterocycles. The predicted octanol–water partition coefficient (Wildman–Crippen LogP) is 1.80. The normalized spacial score (nSPS) is 19.9. The van der Waals surface area contributed by atoms with Crippen molar-refractivity contribution < 1.29 is 14.3 Å². The Labute approximate surface area is 97.6 Å². The van der Waals surface area contributed by atoms with Gasteiger partial charge in [-0.05, 0) is 18.1 Å². The van der Waals surface area contributed by atoms with Gasteiger partial charge < -0.3 is 9.72 Å². The molecule has 0 saturated carbocycles. The van der Waals surface area contributed by atoms with Gasteiger partial charge in [-0.15, -0.1) is 0 Å². The molecule has 0 spiro atoms. The van der Waals surface area contributed by atoms with Gasteiger partial charge >= 0.3 is 11.9 Å². The van der Waals surface area contributed by atoms with Crippen LogP contribution >= 0.6 is 0 Å². The van der Waals surface area contributed by atoms with E-state index in [9.17, 15) is 9.59 Å². The van der Waals surface area contributed by atoms with Gasteiger partial charge in [0.25, 0.3) is 0 Å². The summed E-state index contributed by atoms with van der Waals surface area (Å²) in [6.45, 7) is 0. The van der Waals surface area contributed by atoms with E-state index in [2.05, 4.69) is 9.72 Å². The maximum absolute atomic E-state index is 11.4. The van der Waals surface area contributed by atoms with E-state index in [0.717, 1.165) is 16.5 Å². The van der Waals surface area contributed by atoms with Gasteiger partial charge in [0.2, 0.25) is 0 Å². The van der Waals surface area contributed by atoms with E-state index in [1.165, 1.54) is 0 Å². The van der Waals surface area contributed by atoms with Crippen molar-refractivity contribution in [2.24, 2.45) is 5.92 Å². The van der Waals surface area contributed by atoms with Crippen LogP contribution in [-0.4, -0.2) is 16.9 Å². The summed E-state index contributed by atoms with van der Waals surface area (Å²) in [5.41, 5.74) is 2.09. The predicted molar refractivity (Wildman–Crippen MR) is 61.2 cm³/mol. The third-order valence-electron chi connectivity index (χ3n) is 3.10. The van der Waals surface area contributed by atoms with E-state index in [0.29, 0.717) is 6.42 Å².